The zero-order valence-corrected chi connectivity index (χ0v) is 15.9. The molecule has 1 aromatic heterocycles. The normalized spacial score (nSPS) is 12.5. The molecule has 114 valence electrons. The van der Waals surface area contributed by atoms with E-state index in [9.17, 15) is 0 Å². The van der Waals surface area contributed by atoms with Gasteiger partial charge < -0.3 is 10.1 Å². The second-order valence-electron chi connectivity index (χ2n) is 4.83. The molecule has 5 heteroatoms. The Kier molecular flexibility index (Phi) is 7.40. The number of benzene rings is 1. The van der Waals surface area contributed by atoms with E-state index in [2.05, 4.69) is 73.6 Å². The number of hydrogen-bond donors (Lipinski definition) is 1. The van der Waals surface area contributed by atoms with Crippen molar-refractivity contribution in [2.24, 2.45) is 0 Å². The fraction of sp³-hybridized carbons (Fsp3) is 0.375. The molecule has 0 aliphatic rings. The Morgan fingerprint density at radius 2 is 2.00 bits per heavy atom. The average Bonchev–Trinajstić information content (AvgIpc) is 2.88. The van der Waals surface area contributed by atoms with Crippen molar-refractivity contribution in [3.05, 3.63) is 55.1 Å². The smallest absolute Gasteiger partial charge is 0.0701 e. The molecule has 0 bridgehead atoms. The quantitative estimate of drug-likeness (QED) is 0.602. The van der Waals surface area contributed by atoms with Crippen LogP contribution in [0.5, 0.6) is 0 Å². The van der Waals surface area contributed by atoms with Gasteiger partial charge in [-0.25, -0.2) is 0 Å². The molecule has 1 N–H and O–H groups in total. The van der Waals surface area contributed by atoms with Crippen LogP contribution in [0.25, 0.3) is 0 Å². The summed E-state index contributed by atoms with van der Waals surface area (Å²) >= 11 is 9.03. The van der Waals surface area contributed by atoms with Gasteiger partial charge in [-0.1, -0.05) is 34.1 Å². The lowest BCUT2D eigenvalue weighted by atomic mass is 9.95. The second-order valence-corrected chi connectivity index (χ2v) is 8.23. The highest BCUT2D eigenvalue weighted by Gasteiger charge is 2.15. The number of halogens is 2. The van der Waals surface area contributed by atoms with Gasteiger partial charge in [0.1, 0.15) is 0 Å². The molecule has 2 nitrogen and oxygen atoms in total. The summed E-state index contributed by atoms with van der Waals surface area (Å²) in [5, 5.41) is 3.49. The summed E-state index contributed by atoms with van der Waals surface area (Å²) in [5.41, 5.74) is 1.35. The Hall–Kier alpha value is -0.200. The molecule has 2 rings (SSSR count). The maximum Gasteiger partial charge on any atom is 0.0701 e. The first-order valence-electron chi connectivity index (χ1n) is 6.89. The Bertz CT molecular complexity index is 559. The Labute approximate surface area is 147 Å². The lowest BCUT2D eigenvalue weighted by Crippen LogP contribution is -2.26. The largest absolute Gasteiger partial charge is 0.383 e. The number of ether oxygens (including phenoxy) is 1. The number of nitrogens with one attached hydrogen (secondary N) is 1. The van der Waals surface area contributed by atoms with Crippen LogP contribution in [0, 0.1) is 0 Å². The van der Waals surface area contributed by atoms with Crippen molar-refractivity contribution in [3.63, 3.8) is 0 Å². The number of rotatable bonds is 8. The summed E-state index contributed by atoms with van der Waals surface area (Å²) in [6.45, 7) is 2.57. The minimum Gasteiger partial charge on any atom is -0.383 e. The Morgan fingerprint density at radius 1 is 1.19 bits per heavy atom. The topological polar surface area (TPSA) is 21.3 Å². The molecule has 0 aliphatic heterocycles. The minimum absolute atomic E-state index is 0.447. The van der Waals surface area contributed by atoms with Crippen LogP contribution >= 0.6 is 43.2 Å². The molecular formula is C16H19Br2NOS. The van der Waals surface area contributed by atoms with Crippen LogP contribution in [0.3, 0.4) is 0 Å². The summed E-state index contributed by atoms with van der Waals surface area (Å²) in [4.78, 5) is 1.40. The highest BCUT2D eigenvalue weighted by molar-refractivity contribution is 9.11. The van der Waals surface area contributed by atoms with E-state index in [-0.39, 0.29) is 0 Å². The van der Waals surface area contributed by atoms with Crippen molar-refractivity contribution >= 4 is 43.2 Å². The van der Waals surface area contributed by atoms with Crippen LogP contribution in [0.2, 0.25) is 0 Å². The van der Waals surface area contributed by atoms with E-state index in [1.54, 1.807) is 7.11 Å². The SMILES string of the molecule is COCCNCC(Cc1ccc(Br)s1)c1ccccc1Br. The lowest BCUT2D eigenvalue weighted by molar-refractivity contribution is 0.199. The monoisotopic (exact) mass is 431 g/mol. The van der Waals surface area contributed by atoms with Crippen molar-refractivity contribution in [1.82, 2.24) is 5.32 Å². The molecule has 1 unspecified atom stereocenters. The second kappa shape index (κ2) is 9.06. The molecule has 1 aromatic carbocycles. The summed E-state index contributed by atoms with van der Waals surface area (Å²) in [7, 11) is 1.73. The predicted octanol–water partition coefficient (Wildman–Crippen LogP) is 4.84. The van der Waals surface area contributed by atoms with E-state index < -0.39 is 0 Å². The molecule has 0 saturated carbocycles. The fourth-order valence-corrected chi connectivity index (χ4v) is 4.42. The van der Waals surface area contributed by atoms with Gasteiger partial charge in [0.05, 0.1) is 10.4 Å². The first-order chi connectivity index (χ1) is 10.2. The molecule has 1 heterocycles. The van der Waals surface area contributed by atoms with Gasteiger partial charge in [0.25, 0.3) is 0 Å². The van der Waals surface area contributed by atoms with Gasteiger partial charge in [-0.2, -0.15) is 0 Å². The number of methoxy groups -OCH3 is 1. The zero-order chi connectivity index (χ0) is 15.1. The van der Waals surface area contributed by atoms with Crippen molar-refractivity contribution in [1.29, 1.82) is 0 Å². The van der Waals surface area contributed by atoms with Gasteiger partial charge in [-0.15, -0.1) is 11.3 Å². The van der Waals surface area contributed by atoms with Crippen molar-refractivity contribution in [3.8, 4) is 0 Å². The third-order valence-electron chi connectivity index (χ3n) is 3.30. The molecule has 0 spiro atoms. The highest BCUT2D eigenvalue weighted by atomic mass is 79.9. The molecule has 0 saturated heterocycles. The molecule has 0 amide bonds. The van der Waals surface area contributed by atoms with Crippen LogP contribution in [-0.2, 0) is 11.2 Å². The van der Waals surface area contributed by atoms with Crippen LogP contribution in [0.1, 0.15) is 16.4 Å². The molecule has 21 heavy (non-hydrogen) atoms. The Morgan fingerprint density at radius 3 is 2.67 bits per heavy atom. The van der Waals surface area contributed by atoms with E-state index in [0.29, 0.717) is 5.92 Å². The standard InChI is InChI=1S/C16H19Br2NOS/c1-20-9-8-19-11-12(10-13-6-7-16(18)21-13)14-4-2-3-5-15(14)17/h2-7,12,19H,8-11H2,1H3. The molecule has 0 fully saturated rings. The van der Waals surface area contributed by atoms with E-state index in [4.69, 9.17) is 4.74 Å². The maximum atomic E-state index is 5.10. The predicted molar refractivity (Wildman–Crippen MR) is 97.4 cm³/mol. The molecule has 2 aromatic rings. The van der Waals surface area contributed by atoms with Crippen LogP contribution in [0.15, 0.2) is 44.7 Å². The first kappa shape index (κ1) is 17.2. The molecule has 0 aliphatic carbocycles. The summed E-state index contributed by atoms with van der Waals surface area (Å²) in [6, 6.07) is 12.8. The van der Waals surface area contributed by atoms with Crippen LogP contribution in [-0.4, -0.2) is 26.8 Å². The van der Waals surface area contributed by atoms with Gasteiger partial charge in [-0.3, -0.25) is 0 Å². The van der Waals surface area contributed by atoms with Gasteiger partial charge in [0, 0.05) is 35.5 Å². The number of hydrogen-bond acceptors (Lipinski definition) is 3. The van der Waals surface area contributed by atoms with Crippen molar-refractivity contribution < 1.29 is 4.74 Å². The van der Waals surface area contributed by atoms with Gasteiger partial charge in [0.15, 0.2) is 0 Å². The molecular weight excluding hydrogens is 414 g/mol. The van der Waals surface area contributed by atoms with E-state index in [1.165, 1.54) is 18.7 Å². The van der Waals surface area contributed by atoms with Crippen molar-refractivity contribution in [2.75, 3.05) is 26.8 Å². The van der Waals surface area contributed by atoms with Gasteiger partial charge in [-0.05, 0) is 46.1 Å². The highest BCUT2D eigenvalue weighted by Crippen LogP contribution is 2.31. The average molecular weight is 433 g/mol. The number of thiophene rings is 1. The lowest BCUT2D eigenvalue weighted by Gasteiger charge is -2.19. The Balaban J connectivity index is 2.08. The van der Waals surface area contributed by atoms with Crippen molar-refractivity contribution in [2.45, 2.75) is 12.3 Å². The maximum absolute atomic E-state index is 5.10. The third kappa shape index (κ3) is 5.49. The summed E-state index contributed by atoms with van der Waals surface area (Å²) in [5.74, 6) is 0.447. The summed E-state index contributed by atoms with van der Waals surface area (Å²) < 4.78 is 7.47. The summed E-state index contributed by atoms with van der Waals surface area (Å²) in [6.07, 6.45) is 1.04. The van der Waals surface area contributed by atoms with Crippen LogP contribution < -0.4 is 5.32 Å². The molecule has 0 radical (unpaired) electrons. The first-order valence-corrected chi connectivity index (χ1v) is 9.29. The van der Waals surface area contributed by atoms with E-state index in [0.717, 1.165) is 26.1 Å². The fourth-order valence-electron chi connectivity index (χ4n) is 2.25. The molecule has 1 atom stereocenters. The minimum atomic E-state index is 0.447. The van der Waals surface area contributed by atoms with E-state index >= 15 is 0 Å². The zero-order valence-electron chi connectivity index (χ0n) is 11.9. The van der Waals surface area contributed by atoms with Gasteiger partial charge >= 0.3 is 0 Å². The van der Waals surface area contributed by atoms with Gasteiger partial charge in [0.2, 0.25) is 0 Å². The van der Waals surface area contributed by atoms with E-state index in [1.807, 2.05) is 11.3 Å². The van der Waals surface area contributed by atoms with Crippen LogP contribution in [0.4, 0.5) is 0 Å². The third-order valence-corrected chi connectivity index (χ3v) is 5.66.